The molecule has 0 radical (unpaired) electrons. The minimum absolute atomic E-state index is 0.138. The number of benzene rings is 1. The summed E-state index contributed by atoms with van der Waals surface area (Å²) < 4.78 is 26.9. The van der Waals surface area contributed by atoms with E-state index < -0.39 is 17.7 Å². The molecule has 4 heteroatoms. The van der Waals surface area contributed by atoms with Crippen LogP contribution < -0.4 is 5.32 Å². The van der Waals surface area contributed by atoms with E-state index in [0.29, 0.717) is 6.42 Å². The van der Waals surface area contributed by atoms with Crippen LogP contribution in [-0.2, 0) is 0 Å². The molecule has 1 aromatic rings. The van der Waals surface area contributed by atoms with Gasteiger partial charge in [0.05, 0.1) is 17.8 Å². The van der Waals surface area contributed by atoms with Gasteiger partial charge in [-0.15, -0.1) is 0 Å². The van der Waals surface area contributed by atoms with Gasteiger partial charge in [0, 0.05) is 6.07 Å². The Morgan fingerprint density at radius 1 is 1.18 bits per heavy atom. The van der Waals surface area contributed by atoms with Crippen LogP contribution in [-0.4, -0.2) is 17.3 Å². The molecule has 1 fully saturated rings. The summed E-state index contributed by atoms with van der Waals surface area (Å²) in [5.74, 6) is -0.902. The number of aryl methyl sites for hydroxylation is 1. The molecule has 0 spiro atoms. The summed E-state index contributed by atoms with van der Waals surface area (Å²) >= 11 is 0. The first-order chi connectivity index (χ1) is 8.08. The summed E-state index contributed by atoms with van der Waals surface area (Å²) in [5, 5.41) is 12.7. The average Bonchev–Trinajstić information content (AvgIpc) is 2.29. The van der Waals surface area contributed by atoms with Crippen molar-refractivity contribution in [3.8, 4) is 0 Å². The van der Waals surface area contributed by atoms with Gasteiger partial charge in [-0.05, 0) is 31.4 Å². The van der Waals surface area contributed by atoms with Crippen LogP contribution in [0.1, 0.15) is 31.2 Å². The number of nitrogens with one attached hydrogen (secondary N) is 1. The predicted octanol–water partition coefficient (Wildman–Crippen LogP) is 2.99. The van der Waals surface area contributed by atoms with Crippen LogP contribution >= 0.6 is 0 Å². The first-order valence-corrected chi connectivity index (χ1v) is 5.98. The summed E-state index contributed by atoms with van der Waals surface area (Å²) in [6.07, 6.45) is 3.02. The zero-order chi connectivity index (χ0) is 12.4. The first-order valence-electron chi connectivity index (χ1n) is 5.98. The third kappa shape index (κ3) is 2.75. The van der Waals surface area contributed by atoms with Gasteiger partial charge in [-0.3, -0.25) is 0 Å². The van der Waals surface area contributed by atoms with Crippen molar-refractivity contribution in [3.05, 3.63) is 29.3 Å². The van der Waals surface area contributed by atoms with Gasteiger partial charge < -0.3 is 10.4 Å². The highest BCUT2D eigenvalue weighted by Gasteiger charge is 2.23. The Hall–Kier alpha value is -1.16. The summed E-state index contributed by atoms with van der Waals surface area (Å²) in [7, 11) is 0. The number of rotatable bonds is 2. The van der Waals surface area contributed by atoms with Crippen molar-refractivity contribution >= 4 is 5.69 Å². The van der Waals surface area contributed by atoms with Gasteiger partial charge in [0.2, 0.25) is 0 Å². The monoisotopic (exact) mass is 241 g/mol. The molecule has 1 aliphatic rings. The Morgan fingerprint density at radius 3 is 2.59 bits per heavy atom. The number of hydrogen-bond donors (Lipinski definition) is 2. The maximum absolute atomic E-state index is 13.6. The zero-order valence-corrected chi connectivity index (χ0v) is 9.84. The Labute approximate surface area is 99.7 Å². The predicted molar refractivity (Wildman–Crippen MR) is 63.0 cm³/mol. The molecule has 2 atom stereocenters. The quantitative estimate of drug-likeness (QED) is 0.834. The van der Waals surface area contributed by atoms with Gasteiger partial charge in [-0.25, -0.2) is 8.78 Å². The lowest BCUT2D eigenvalue weighted by Gasteiger charge is -2.29. The third-order valence-corrected chi connectivity index (χ3v) is 3.32. The maximum atomic E-state index is 13.6. The molecule has 0 unspecified atom stereocenters. The van der Waals surface area contributed by atoms with Gasteiger partial charge in [0.25, 0.3) is 0 Å². The zero-order valence-electron chi connectivity index (χ0n) is 9.84. The lowest BCUT2D eigenvalue weighted by Crippen LogP contribution is -2.36. The van der Waals surface area contributed by atoms with E-state index in [1.54, 1.807) is 0 Å². The molecule has 94 valence electrons. The molecule has 2 nitrogen and oxygen atoms in total. The Bertz CT molecular complexity index is 409. The van der Waals surface area contributed by atoms with Crippen molar-refractivity contribution in [2.45, 2.75) is 44.8 Å². The van der Waals surface area contributed by atoms with Gasteiger partial charge in [0.1, 0.15) is 11.6 Å². The topological polar surface area (TPSA) is 32.3 Å². The molecule has 0 amide bonds. The molecule has 2 rings (SSSR count). The minimum Gasteiger partial charge on any atom is -0.391 e. The molecule has 0 saturated heterocycles. The summed E-state index contributed by atoms with van der Waals surface area (Å²) in [4.78, 5) is 0. The lowest BCUT2D eigenvalue weighted by molar-refractivity contribution is 0.116. The number of halogens is 2. The fraction of sp³-hybridized carbons (Fsp3) is 0.538. The van der Waals surface area contributed by atoms with Crippen LogP contribution in [0, 0.1) is 18.6 Å². The highest BCUT2D eigenvalue weighted by Crippen LogP contribution is 2.25. The molecular formula is C13H17F2NO. The average molecular weight is 241 g/mol. The third-order valence-electron chi connectivity index (χ3n) is 3.32. The van der Waals surface area contributed by atoms with E-state index >= 15 is 0 Å². The van der Waals surface area contributed by atoms with Crippen molar-refractivity contribution in [1.29, 1.82) is 0 Å². The fourth-order valence-electron chi connectivity index (χ4n) is 2.24. The first kappa shape index (κ1) is 12.3. The van der Waals surface area contributed by atoms with Gasteiger partial charge >= 0.3 is 0 Å². The van der Waals surface area contributed by atoms with Gasteiger partial charge in [0.15, 0.2) is 0 Å². The Balaban J connectivity index is 2.15. The number of aliphatic hydroxyl groups excluding tert-OH is 1. The number of aliphatic hydroxyl groups is 1. The van der Waals surface area contributed by atoms with E-state index in [-0.39, 0.29) is 17.3 Å². The van der Waals surface area contributed by atoms with Crippen LogP contribution in [0.2, 0.25) is 0 Å². The molecule has 1 aromatic carbocycles. The second-order valence-electron chi connectivity index (χ2n) is 4.68. The van der Waals surface area contributed by atoms with E-state index in [4.69, 9.17) is 0 Å². The molecular weight excluding hydrogens is 224 g/mol. The Kier molecular flexibility index (Phi) is 3.62. The number of hydrogen-bond acceptors (Lipinski definition) is 2. The summed E-state index contributed by atoms with van der Waals surface area (Å²) in [6, 6.07) is 2.15. The van der Waals surface area contributed by atoms with Crippen molar-refractivity contribution in [2.75, 3.05) is 5.32 Å². The molecule has 0 bridgehead atoms. The highest BCUT2D eigenvalue weighted by molar-refractivity contribution is 5.48. The normalized spacial score (nSPS) is 24.7. The SMILES string of the molecule is Cc1cc(F)c(N[C@@H]2CCCC[C@H]2O)cc1F. The summed E-state index contributed by atoms with van der Waals surface area (Å²) in [5.41, 5.74) is 0.427. The van der Waals surface area contributed by atoms with Crippen molar-refractivity contribution in [1.82, 2.24) is 0 Å². The van der Waals surface area contributed by atoms with Crippen LogP contribution in [0.5, 0.6) is 0 Å². The van der Waals surface area contributed by atoms with Crippen molar-refractivity contribution < 1.29 is 13.9 Å². The smallest absolute Gasteiger partial charge is 0.146 e. The molecule has 1 aliphatic carbocycles. The fourth-order valence-corrected chi connectivity index (χ4v) is 2.24. The van der Waals surface area contributed by atoms with E-state index in [1.165, 1.54) is 13.0 Å². The molecule has 1 saturated carbocycles. The van der Waals surface area contributed by atoms with Gasteiger partial charge in [-0.2, -0.15) is 0 Å². The van der Waals surface area contributed by atoms with Crippen molar-refractivity contribution in [3.63, 3.8) is 0 Å². The molecule has 0 heterocycles. The highest BCUT2D eigenvalue weighted by atomic mass is 19.1. The van der Waals surface area contributed by atoms with E-state index in [9.17, 15) is 13.9 Å². The van der Waals surface area contributed by atoms with Crippen molar-refractivity contribution in [2.24, 2.45) is 0 Å². The summed E-state index contributed by atoms with van der Waals surface area (Å²) in [6.45, 7) is 1.53. The maximum Gasteiger partial charge on any atom is 0.146 e. The van der Waals surface area contributed by atoms with Gasteiger partial charge in [-0.1, -0.05) is 12.8 Å². The van der Waals surface area contributed by atoms with Crippen LogP contribution in [0.15, 0.2) is 12.1 Å². The van der Waals surface area contributed by atoms with E-state index in [1.807, 2.05) is 0 Å². The Morgan fingerprint density at radius 2 is 1.88 bits per heavy atom. The van der Waals surface area contributed by atoms with E-state index in [2.05, 4.69) is 5.32 Å². The largest absolute Gasteiger partial charge is 0.391 e. The molecule has 0 aromatic heterocycles. The molecule has 2 N–H and O–H groups in total. The second-order valence-corrected chi connectivity index (χ2v) is 4.68. The van der Waals surface area contributed by atoms with Crippen LogP contribution in [0.3, 0.4) is 0 Å². The van der Waals surface area contributed by atoms with E-state index in [0.717, 1.165) is 25.3 Å². The second kappa shape index (κ2) is 5.00. The van der Waals surface area contributed by atoms with Crippen LogP contribution in [0.25, 0.3) is 0 Å². The molecule has 0 aliphatic heterocycles. The minimum atomic E-state index is -0.479. The lowest BCUT2D eigenvalue weighted by atomic mass is 9.92. The molecule has 17 heavy (non-hydrogen) atoms. The number of anilines is 1. The van der Waals surface area contributed by atoms with Crippen LogP contribution in [0.4, 0.5) is 14.5 Å². The standard InChI is InChI=1S/C13H17F2NO/c1-8-6-10(15)12(7-9(8)14)16-11-4-2-3-5-13(11)17/h6-7,11,13,16-17H,2-5H2,1H3/t11-,13-/m1/s1.